The SMILES string of the molecule is COc1c(F)cc(C=NN=C2NC(=O)CS2)cc1Cl. The first kappa shape index (κ1) is 13.8. The molecule has 0 bridgehead atoms. The van der Waals surface area contributed by atoms with Crippen molar-refractivity contribution in [2.75, 3.05) is 12.9 Å². The summed E-state index contributed by atoms with van der Waals surface area (Å²) in [4.78, 5) is 10.9. The van der Waals surface area contributed by atoms with Crippen LogP contribution in [0.5, 0.6) is 5.75 Å². The molecule has 1 amide bonds. The van der Waals surface area contributed by atoms with Crippen LogP contribution in [0.25, 0.3) is 0 Å². The lowest BCUT2D eigenvalue weighted by Crippen LogP contribution is -2.19. The van der Waals surface area contributed by atoms with Crippen molar-refractivity contribution in [2.45, 2.75) is 0 Å². The third-order valence-electron chi connectivity index (χ3n) is 2.17. The Kier molecular flexibility index (Phi) is 4.39. The summed E-state index contributed by atoms with van der Waals surface area (Å²) in [5.41, 5.74) is 0.446. The summed E-state index contributed by atoms with van der Waals surface area (Å²) in [7, 11) is 1.34. The molecule has 0 aromatic heterocycles. The van der Waals surface area contributed by atoms with E-state index in [4.69, 9.17) is 16.3 Å². The number of thioether (sulfide) groups is 1. The fourth-order valence-corrected chi connectivity index (χ4v) is 2.30. The van der Waals surface area contributed by atoms with E-state index in [1.807, 2.05) is 0 Å². The highest BCUT2D eigenvalue weighted by Gasteiger charge is 2.16. The highest BCUT2D eigenvalue weighted by molar-refractivity contribution is 8.15. The van der Waals surface area contributed by atoms with E-state index in [0.29, 0.717) is 16.5 Å². The van der Waals surface area contributed by atoms with Crippen LogP contribution in [0, 0.1) is 5.82 Å². The monoisotopic (exact) mass is 301 g/mol. The molecule has 1 aromatic rings. The first-order valence-corrected chi connectivity index (χ1v) is 6.53. The first-order valence-electron chi connectivity index (χ1n) is 5.17. The minimum atomic E-state index is -0.576. The third-order valence-corrected chi connectivity index (χ3v) is 3.31. The molecule has 1 N–H and O–H groups in total. The van der Waals surface area contributed by atoms with Crippen LogP contribution in [0.1, 0.15) is 5.56 Å². The Morgan fingerprint density at radius 3 is 2.95 bits per heavy atom. The normalized spacial score (nSPS) is 17.2. The average molecular weight is 302 g/mol. The van der Waals surface area contributed by atoms with Gasteiger partial charge < -0.3 is 10.1 Å². The van der Waals surface area contributed by atoms with E-state index in [1.165, 1.54) is 37.2 Å². The van der Waals surface area contributed by atoms with Crippen LogP contribution in [0.15, 0.2) is 22.3 Å². The van der Waals surface area contributed by atoms with Gasteiger partial charge in [0.2, 0.25) is 5.91 Å². The summed E-state index contributed by atoms with van der Waals surface area (Å²) in [6.07, 6.45) is 1.34. The van der Waals surface area contributed by atoms with Gasteiger partial charge >= 0.3 is 0 Å². The number of halogens is 2. The summed E-state index contributed by atoms with van der Waals surface area (Å²) in [6.45, 7) is 0. The maximum atomic E-state index is 13.5. The van der Waals surface area contributed by atoms with Gasteiger partial charge in [-0.05, 0) is 17.7 Å². The Morgan fingerprint density at radius 1 is 1.58 bits per heavy atom. The smallest absolute Gasteiger partial charge is 0.236 e. The average Bonchev–Trinajstić information content (AvgIpc) is 2.75. The number of benzene rings is 1. The number of hydrogen-bond donors (Lipinski definition) is 1. The van der Waals surface area contributed by atoms with Gasteiger partial charge in [-0.3, -0.25) is 4.79 Å². The molecule has 1 saturated heterocycles. The molecule has 5 nitrogen and oxygen atoms in total. The zero-order valence-electron chi connectivity index (χ0n) is 9.81. The summed E-state index contributed by atoms with van der Waals surface area (Å²) in [6, 6.07) is 2.74. The van der Waals surface area contributed by atoms with Crippen molar-refractivity contribution in [3.8, 4) is 5.75 Å². The van der Waals surface area contributed by atoms with Crippen molar-refractivity contribution < 1.29 is 13.9 Å². The van der Waals surface area contributed by atoms with Crippen LogP contribution < -0.4 is 10.1 Å². The molecule has 1 heterocycles. The summed E-state index contributed by atoms with van der Waals surface area (Å²) in [5, 5.41) is 10.6. The summed E-state index contributed by atoms with van der Waals surface area (Å²) >= 11 is 7.09. The van der Waals surface area contributed by atoms with E-state index >= 15 is 0 Å². The van der Waals surface area contributed by atoms with E-state index in [0.717, 1.165) is 0 Å². The van der Waals surface area contributed by atoms with Gasteiger partial charge in [0.15, 0.2) is 16.7 Å². The lowest BCUT2D eigenvalue weighted by Gasteiger charge is -2.04. The Hall–Kier alpha value is -1.60. The van der Waals surface area contributed by atoms with Crippen molar-refractivity contribution in [3.05, 3.63) is 28.5 Å². The van der Waals surface area contributed by atoms with Gasteiger partial charge in [0.05, 0.1) is 24.1 Å². The zero-order valence-corrected chi connectivity index (χ0v) is 11.4. The van der Waals surface area contributed by atoms with Crippen LogP contribution in [-0.4, -0.2) is 30.2 Å². The molecule has 0 spiro atoms. The number of methoxy groups -OCH3 is 1. The first-order chi connectivity index (χ1) is 9.10. The maximum absolute atomic E-state index is 13.5. The lowest BCUT2D eigenvalue weighted by molar-refractivity contribution is -0.116. The molecule has 8 heteroatoms. The molecule has 1 aliphatic rings. The van der Waals surface area contributed by atoms with Crippen LogP contribution in [0.2, 0.25) is 5.02 Å². The Morgan fingerprint density at radius 2 is 2.37 bits per heavy atom. The number of carbonyl (C=O) groups excluding carboxylic acids is 1. The number of amides is 1. The quantitative estimate of drug-likeness (QED) is 0.686. The lowest BCUT2D eigenvalue weighted by atomic mass is 10.2. The number of hydrogen-bond acceptors (Lipinski definition) is 5. The number of amidine groups is 1. The van der Waals surface area contributed by atoms with Crippen molar-refractivity contribution in [1.82, 2.24) is 5.32 Å². The third kappa shape index (κ3) is 3.45. The van der Waals surface area contributed by atoms with Gasteiger partial charge in [0.1, 0.15) is 0 Å². The number of rotatable bonds is 3. The highest BCUT2D eigenvalue weighted by atomic mass is 35.5. The maximum Gasteiger partial charge on any atom is 0.236 e. The molecule has 1 aliphatic heterocycles. The molecule has 0 radical (unpaired) electrons. The topological polar surface area (TPSA) is 63.1 Å². The van der Waals surface area contributed by atoms with Crippen LogP contribution in [-0.2, 0) is 4.79 Å². The number of carbonyl (C=O) groups is 1. The van der Waals surface area contributed by atoms with Crippen molar-refractivity contribution in [1.29, 1.82) is 0 Å². The second-order valence-electron chi connectivity index (χ2n) is 3.50. The molecule has 0 saturated carbocycles. The number of nitrogens with zero attached hydrogens (tertiary/aromatic N) is 2. The van der Waals surface area contributed by atoms with Crippen LogP contribution in [0.3, 0.4) is 0 Å². The van der Waals surface area contributed by atoms with E-state index in [2.05, 4.69) is 15.5 Å². The van der Waals surface area contributed by atoms with Gasteiger partial charge in [-0.15, -0.1) is 5.10 Å². The molecule has 0 unspecified atom stereocenters. The molecule has 0 aliphatic carbocycles. The van der Waals surface area contributed by atoms with Gasteiger partial charge in [-0.25, -0.2) is 4.39 Å². The fourth-order valence-electron chi connectivity index (χ4n) is 1.38. The second-order valence-corrected chi connectivity index (χ2v) is 4.88. The van der Waals surface area contributed by atoms with Gasteiger partial charge in [0, 0.05) is 0 Å². The van der Waals surface area contributed by atoms with Crippen molar-refractivity contribution in [2.24, 2.45) is 10.2 Å². The number of nitrogens with one attached hydrogen (secondary N) is 1. The predicted octanol–water partition coefficient (Wildman–Crippen LogP) is 2.04. The molecule has 19 heavy (non-hydrogen) atoms. The Balaban J connectivity index is 2.13. The summed E-state index contributed by atoms with van der Waals surface area (Å²) < 4.78 is 18.3. The van der Waals surface area contributed by atoms with Gasteiger partial charge in [0.25, 0.3) is 0 Å². The van der Waals surface area contributed by atoms with Crippen molar-refractivity contribution >= 4 is 40.7 Å². The standard InChI is InChI=1S/C11H9ClFN3O2S/c1-18-10-7(12)2-6(3-8(10)13)4-14-16-11-15-9(17)5-19-11/h2-4H,5H2,1H3,(H,15,16,17). The molecule has 2 rings (SSSR count). The Bertz CT molecular complexity index is 554. The highest BCUT2D eigenvalue weighted by Crippen LogP contribution is 2.28. The van der Waals surface area contributed by atoms with E-state index in [1.54, 1.807) is 0 Å². The molecule has 1 aromatic carbocycles. The molecule has 1 fully saturated rings. The van der Waals surface area contributed by atoms with E-state index < -0.39 is 5.82 Å². The predicted molar refractivity (Wildman–Crippen MR) is 73.6 cm³/mol. The van der Waals surface area contributed by atoms with Gasteiger partial charge in [-0.1, -0.05) is 23.4 Å². The summed E-state index contributed by atoms with van der Waals surface area (Å²) in [5.74, 6) is -0.369. The molecule has 100 valence electrons. The van der Waals surface area contributed by atoms with Crippen molar-refractivity contribution in [3.63, 3.8) is 0 Å². The minimum absolute atomic E-state index is 0.0104. The zero-order chi connectivity index (χ0) is 13.8. The minimum Gasteiger partial charge on any atom is -0.492 e. The molecule has 0 atom stereocenters. The second kappa shape index (κ2) is 6.03. The van der Waals surface area contributed by atoms with Crippen LogP contribution >= 0.6 is 23.4 Å². The molecular weight excluding hydrogens is 293 g/mol. The van der Waals surface area contributed by atoms with E-state index in [9.17, 15) is 9.18 Å². The van der Waals surface area contributed by atoms with Crippen LogP contribution in [0.4, 0.5) is 4.39 Å². The van der Waals surface area contributed by atoms with E-state index in [-0.39, 0.29) is 16.7 Å². The molecular formula is C11H9ClFN3O2S. The van der Waals surface area contributed by atoms with Gasteiger partial charge in [-0.2, -0.15) is 5.10 Å². The fraction of sp³-hybridized carbons (Fsp3) is 0.182. The Labute approximate surface area is 117 Å². The largest absolute Gasteiger partial charge is 0.492 e. The number of ether oxygens (including phenoxy) is 1.